The molecule has 0 radical (unpaired) electrons. The van der Waals surface area contributed by atoms with Crippen molar-refractivity contribution in [3.63, 3.8) is 0 Å². The van der Waals surface area contributed by atoms with E-state index in [9.17, 15) is 21.8 Å². The average Bonchev–Trinajstić information content (AvgIpc) is 3.25. The molecule has 39 heavy (non-hydrogen) atoms. The minimum Gasteiger partial charge on any atom is -0.361 e. The van der Waals surface area contributed by atoms with Crippen LogP contribution in [0, 0.1) is 0 Å². The van der Waals surface area contributed by atoms with E-state index in [0.717, 1.165) is 18.6 Å². The van der Waals surface area contributed by atoms with Crippen LogP contribution in [0.5, 0.6) is 11.5 Å². The number of hydrogen-bond donors (Lipinski definition) is 5. The van der Waals surface area contributed by atoms with Crippen LogP contribution in [-0.4, -0.2) is 51.5 Å². The van der Waals surface area contributed by atoms with Gasteiger partial charge in [0, 0.05) is 23.1 Å². The molecule has 3 aromatic carbocycles. The van der Waals surface area contributed by atoms with Gasteiger partial charge in [0.2, 0.25) is 0 Å². The molecular formula is C27H34AsCl2N3O6. The first-order valence-electron chi connectivity index (χ1n) is 11.6. The number of aromatic hydroxyl groups is 1. The Morgan fingerprint density at radius 1 is 1.05 bits per heavy atom. The molecule has 4 aromatic rings. The van der Waals surface area contributed by atoms with Crippen LogP contribution in [0.4, 0.5) is 5.69 Å². The third kappa shape index (κ3) is 9.07. The first-order chi connectivity index (χ1) is 17.5. The van der Waals surface area contributed by atoms with Gasteiger partial charge >= 0.3 is 142 Å². The fourth-order valence-electron chi connectivity index (χ4n) is 3.93. The van der Waals surface area contributed by atoms with Crippen molar-refractivity contribution in [2.24, 2.45) is 5.73 Å². The van der Waals surface area contributed by atoms with Crippen molar-refractivity contribution in [3.05, 3.63) is 84.1 Å². The smallest absolute Gasteiger partial charge is 0.0456 e. The Balaban J connectivity index is 0.000000430. The van der Waals surface area contributed by atoms with Crippen LogP contribution in [0.15, 0.2) is 72.9 Å². The minimum absolute atomic E-state index is 0. The van der Waals surface area contributed by atoms with Gasteiger partial charge in [0.15, 0.2) is 0 Å². The van der Waals surface area contributed by atoms with Crippen LogP contribution in [0.2, 0.25) is 0 Å². The average molecular weight is 642 g/mol. The van der Waals surface area contributed by atoms with Gasteiger partial charge in [0.1, 0.15) is 0 Å². The molecule has 1 aromatic heterocycles. The summed E-state index contributed by atoms with van der Waals surface area (Å²) in [4.78, 5) is 16.5. The maximum absolute atomic E-state index is 12.0. The first-order valence-corrected chi connectivity index (χ1v) is 15.0. The number of nitrogens with one attached hydrogen (secondary N) is 1. The molecule has 12 heteroatoms. The third-order valence-corrected chi connectivity index (χ3v) is 7.70. The molecule has 0 saturated heterocycles. The zero-order chi connectivity index (χ0) is 27.2. The summed E-state index contributed by atoms with van der Waals surface area (Å²) in [7, 11) is 1.51. The Labute approximate surface area is 242 Å². The number of fused-ring (bicyclic) bond motifs is 1. The second-order valence-corrected chi connectivity index (χ2v) is 12.0. The summed E-state index contributed by atoms with van der Waals surface area (Å²) in [5, 5.41) is 11.3. The number of methoxy groups -OCH3 is 1. The number of ether oxygens (including phenoxy) is 1. The van der Waals surface area contributed by atoms with Gasteiger partial charge < -0.3 is 10.7 Å². The predicted octanol–water partition coefficient (Wildman–Crippen LogP) is 3.42. The van der Waals surface area contributed by atoms with E-state index in [-0.39, 0.29) is 59.1 Å². The standard InChI is InChI=1S/C16H18AsNO6.C11H14N2.2ClH/c1-11(19)18(10-12-5-3-4-6-16(12)24-2)14-9-13(17(21,22)23)7-8-15(14)20;1-8(12)6-9-7-13-11-5-3-2-4-10(9)11;;/h3-9,20H,10H2,1-2H3,(H2,21,22,23);2-5,7-8,13H,6,12H2,1H3;2*1H/t;8-;;/m.1../s1. The van der Waals surface area contributed by atoms with E-state index in [2.05, 4.69) is 23.2 Å². The zero-order valence-corrected chi connectivity index (χ0v) is 25.3. The van der Waals surface area contributed by atoms with Gasteiger partial charge in [-0.2, -0.15) is 0 Å². The predicted molar refractivity (Wildman–Crippen MR) is 159 cm³/mol. The number of carbonyl (C=O) groups excluding carboxylic acids is 1. The van der Waals surface area contributed by atoms with Crippen molar-refractivity contribution in [2.75, 3.05) is 12.0 Å². The van der Waals surface area contributed by atoms with E-state index in [4.69, 9.17) is 10.5 Å². The Bertz CT molecular complexity index is 1420. The number of nitrogens with two attached hydrogens (primary N) is 1. The van der Waals surface area contributed by atoms with Crippen molar-refractivity contribution in [3.8, 4) is 11.5 Å². The van der Waals surface area contributed by atoms with Gasteiger partial charge in [0.05, 0.1) is 0 Å². The summed E-state index contributed by atoms with van der Waals surface area (Å²) in [6, 6.07) is 19.1. The van der Waals surface area contributed by atoms with Gasteiger partial charge in [-0.1, -0.05) is 18.2 Å². The molecule has 0 fully saturated rings. The summed E-state index contributed by atoms with van der Waals surface area (Å²) in [6.07, 6.45) is 2.98. The number of nitrogens with zero attached hydrogens (tertiary/aromatic N) is 1. The van der Waals surface area contributed by atoms with Crippen molar-refractivity contribution >= 4 is 65.8 Å². The van der Waals surface area contributed by atoms with E-state index in [1.165, 1.54) is 41.5 Å². The number of benzene rings is 3. The van der Waals surface area contributed by atoms with Crippen molar-refractivity contribution < 1.29 is 26.6 Å². The maximum Gasteiger partial charge on any atom is 0.0456 e. The molecule has 0 saturated carbocycles. The Hall–Kier alpha value is -2.91. The monoisotopic (exact) mass is 641 g/mol. The molecule has 9 nitrogen and oxygen atoms in total. The van der Waals surface area contributed by atoms with Crippen molar-refractivity contribution in [1.29, 1.82) is 0 Å². The molecule has 0 aliphatic carbocycles. The Morgan fingerprint density at radius 2 is 1.69 bits per heavy atom. The quantitative estimate of drug-likeness (QED) is 0.194. The maximum atomic E-state index is 12.0. The number of anilines is 1. The molecule has 0 bridgehead atoms. The SMILES string of the molecule is COc1ccccc1CN(C(C)=O)c1cc([As](=O)(O)O)ccc1O.C[C@@H](N)Cc1c[nH]c2ccccc12.Cl.Cl. The fraction of sp³-hybridized carbons (Fsp3) is 0.222. The molecule has 0 unspecified atom stereocenters. The number of halogens is 2. The number of para-hydroxylation sites is 2. The molecule has 1 heterocycles. The minimum atomic E-state index is -5.15. The topological polar surface area (TPSA) is 149 Å². The van der Waals surface area contributed by atoms with Crippen LogP contribution in [-0.2, 0) is 21.5 Å². The van der Waals surface area contributed by atoms with Gasteiger partial charge in [-0.15, -0.1) is 24.8 Å². The third-order valence-electron chi connectivity index (χ3n) is 5.70. The summed E-state index contributed by atoms with van der Waals surface area (Å²) in [6.45, 7) is 3.43. The summed E-state index contributed by atoms with van der Waals surface area (Å²) >= 11 is -5.15. The van der Waals surface area contributed by atoms with Gasteiger partial charge in [-0.3, -0.25) is 0 Å². The number of phenolic OH excluding ortho intramolecular Hbond substituents is 1. The number of rotatable bonds is 7. The molecule has 6 N–H and O–H groups in total. The fourth-order valence-corrected chi connectivity index (χ4v) is 5.10. The number of carbonyl (C=O) groups is 1. The van der Waals surface area contributed by atoms with Crippen molar-refractivity contribution in [2.45, 2.75) is 32.9 Å². The van der Waals surface area contributed by atoms with Crippen LogP contribution in [0.3, 0.4) is 0 Å². The summed E-state index contributed by atoms with van der Waals surface area (Å²) in [5.41, 5.74) is 9.00. The van der Waals surface area contributed by atoms with Gasteiger partial charge in [-0.05, 0) is 25.0 Å². The summed E-state index contributed by atoms with van der Waals surface area (Å²) < 4.78 is 35.3. The normalized spacial score (nSPS) is 11.3. The van der Waals surface area contributed by atoms with Crippen LogP contribution < -0.4 is 19.7 Å². The number of H-pyrrole nitrogens is 1. The number of phenols is 1. The number of hydrogen-bond acceptors (Lipinski definition) is 5. The largest absolute Gasteiger partial charge is 0.361 e. The second-order valence-electron chi connectivity index (χ2n) is 8.67. The molecule has 4 rings (SSSR count). The van der Waals surface area contributed by atoms with Crippen molar-refractivity contribution in [1.82, 2.24) is 4.98 Å². The molecule has 1 atom stereocenters. The Morgan fingerprint density at radius 3 is 2.31 bits per heavy atom. The molecule has 0 aliphatic rings. The van der Waals surface area contributed by atoms with E-state index in [1.807, 2.05) is 19.2 Å². The number of aromatic nitrogens is 1. The van der Waals surface area contributed by atoms with E-state index in [0.29, 0.717) is 11.3 Å². The van der Waals surface area contributed by atoms with Crippen LogP contribution >= 0.6 is 24.8 Å². The zero-order valence-electron chi connectivity index (χ0n) is 21.8. The molecule has 0 aliphatic heterocycles. The van der Waals surface area contributed by atoms with E-state index >= 15 is 0 Å². The first kappa shape index (κ1) is 34.1. The van der Waals surface area contributed by atoms with Gasteiger partial charge in [0.25, 0.3) is 0 Å². The number of amides is 1. The Kier molecular flexibility index (Phi) is 13.1. The van der Waals surface area contributed by atoms with E-state index in [1.54, 1.807) is 24.3 Å². The number of aromatic amines is 1. The summed E-state index contributed by atoms with van der Waals surface area (Å²) in [5.74, 6) is -0.0577. The van der Waals surface area contributed by atoms with Gasteiger partial charge in [-0.25, -0.2) is 0 Å². The molecule has 212 valence electrons. The molecule has 0 spiro atoms. The second kappa shape index (κ2) is 15.0. The van der Waals surface area contributed by atoms with Crippen LogP contribution in [0.25, 0.3) is 10.9 Å². The molecule has 1 amide bonds. The van der Waals surface area contributed by atoms with E-state index < -0.39 is 14.2 Å². The van der Waals surface area contributed by atoms with Crippen LogP contribution in [0.1, 0.15) is 25.0 Å². The molecular weight excluding hydrogens is 608 g/mol.